The Balaban J connectivity index is 1.61. The van der Waals surface area contributed by atoms with Gasteiger partial charge in [-0.25, -0.2) is 9.78 Å². The van der Waals surface area contributed by atoms with Gasteiger partial charge in [0.25, 0.3) is 5.56 Å². The number of benzene rings is 2. The van der Waals surface area contributed by atoms with Crippen molar-refractivity contribution in [1.29, 1.82) is 0 Å². The van der Waals surface area contributed by atoms with Crippen molar-refractivity contribution in [2.24, 2.45) is 0 Å². The highest BCUT2D eigenvalue weighted by Gasteiger charge is 2.10. The molecule has 138 valence electrons. The first kappa shape index (κ1) is 18.3. The van der Waals surface area contributed by atoms with Gasteiger partial charge < -0.3 is 15.0 Å². The third kappa shape index (κ3) is 4.58. The van der Waals surface area contributed by atoms with E-state index in [0.717, 1.165) is 0 Å². The number of nitrogens with one attached hydrogen (secondary N) is 2. The van der Waals surface area contributed by atoms with Crippen LogP contribution in [0.1, 0.15) is 29.4 Å². The molecule has 3 rings (SSSR count). The molecule has 0 unspecified atom stereocenters. The summed E-state index contributed by atoms with van der Waals surface area (Å²) in [5.41, 5.74) is 2.36. The van der Waals surface area contributed by atoms with Crippen LogP contribution >= 0.6 is 0 Å². The van der Waals surface area contributed by atoms with Crippen molar-refractivity contribution < 1.29 is 14.3 Å². The van der Waals surface area contributed by atoms with Gasteiger partial charge in [0.1, 0.15) is 5.69 Å². The summed E-state index contributed by atoms with van der Waals surface area (Å²) in [6.45, 7) is 2.04. The number of carbonyl (C=O) groups excluding carboxylic acids is 2. The van der Waals surface area contributed by atoms with Crippen LogP contribution in [0.15, 0.2) is 53.3 Å². The number of anilines is 1. The van der Waals surface area contributed by atoms with E-state index in [1.54, 1.807) is 43.3 Å². The molecule has 1 aromatic heterocycles. The smallest absolute Gasteiger partial charge is 0.338 e. The number of amides is 1. The summed E-state index contributed by atoms with van der Waals surface area (Å²) >= 11 is 0. The van der Waals surface area contributed by atoms with Gasteiger partial charge in [0.2, 0.25) is 5.91 Å². The fourth-order valence-corrected chi connectivity index (χ4v) is 2.60. The number of fused-ring (bicyclic) bond motifs is 1. The lowest BCUT2D eigenvalue weighted by Gasteiger charge is -2.07. The summed E-state index contributed by atoms with van der Waals surface area (Å²) < 4.78 is 4.91. The SMILES string of the molecule is CCOC(=O)c1ccc(NC(=O)CCc2nc3ccccc3[nH]c2=O)cc1. The fourth-order valence-electron chi connectivity index (χ4n) is 2.60. The molecule has 7 nitrogen and oxygen atoms in total. The van der Waals surface area contributed by atoms with Gasteiger partial charge in [0.15, 0.2) is 0 Å². The van der Waals surface area contributed by atoms with Gasteiger partial charge in [0, 0.05) is 18.5 Å². The lowest BCUT2D eigenvalue weighted by Crippen LogP contribution is -2.19. The van der Waals surface area contributed by atoms with Gasteiger partial charge in [-0.1, -0.05) is 12.1 Å². The number of aryl methyl sites for hydroxylation is 1. The fraction of sp³-hybridized carbons (Fsp3) is 0.200. The Hall–Kier alpha value is -3.48. The number of aromatic nitrogens is 2. The molecule has 0 saturated heterocycles. The van der Waals surface area contributed by atoms with Crippen molar-refractivity contribution in [3.8, 4) is 0 Å². The maximum Gasteiger partial charge on any atom is 0.338 e. The molecule has 1 amide bonds. The second-order valence-electron chi connectivity index (χ2n) is 5.88. The first-order valence-electron chi connectivity index (χ1n) is 8.62. The highest BCUT2D eigenvalue weighted by Crippen LogP contribution is 2.12. The normalized spacial score (nSPS) is 10.6. The number of carbonyl (C=O) groups is 2. The van der Waals surface area contributed by atoms with Crippen LogP contribution in [0.25, 0.3) is 11.0 Å². The first-order valence-corrected chi connectivity index (χ1v) is 8.62. The molecule has 0 aliphatic rings. The van der Waals surface area contributed by atoms with Gasteiger partial charge >= 0.3 is 5.97 Å². The average Bonchev–Trinajstić information content (AvgIpc) is 2.67. The highest BCUT2D eigenvalue weighted by molar-refractivity contribution is 5.93. The lowest BCUT2D eigenvalue weighted by atomic mass is 10.2. The number of hydrogen-bond acceptors (Lipinski definition) is 5. The van der Waals surface area contributed by atoms with E-state index in [2.05, 4.69) is 15.3 Å². The minimum absolute atomic E-state index is 0.119. The molecule has 7 heteroatoms. The third-order valence-electron chi connectivity index (χ3n) is 3.94. The van der Waals surface area contributed by atoms with E-state index >= 15 is 0 Å². The van der Waals surface area contributed by atoms with Gasteiger partial charge in [-0.3, -0.25) is 9.59 Å². The molecule has 3 aromatic rings. The number of para-hydroxylation sites is 2. The molecular weight excluding hydrogens is 346 g/mol. The molecule has 0 atom stereocenters. The molecule has 0 fully saturated rings. The number of rotatable bonds is 6. The number of ether oxygens (including phenoxy) is 1. The summed E-state index contributed by atoms with van der Waals surface area (Å²) in [6, 6.07) is 13.7. The average molecular weight is 365 g/mol. The number of nitrogens with zero attached hydrogens (tertiary/aromatic N) is 1. The maximum atomic E-state index is 12.1. The van der Waals surface area contributed by atoms with Crippen LogP contribution in [0.3, 0.4) is 0 Å². The van der Waals surface area contributed by atoms with E-state index in [9.17, 15) is 14.4 Å². The Morgan fingerprint density at radius 1 is 1.11 bits per heavy atom. The van der Waals surface area contributed by atoms with Crippen molar-refractivity contribution in [3.05, 3.63) is 70.1 Å². The van der Waals surface area contributed by atoms with E-state index < -0.39 is 5.97 Å². The van der Waals surface area contributed by atoms with Crippen LogP contribution in [0.4, 0.5) is 5.69 Å². The van der Waals surface area contributed by atoms with Crippen molar-refractivity contribution in [2.45, 2.75) is 19.8 Å². The summed E-state index contributed by atoms with van der Waals surface area (Å²) in [5.74, 6) is -0.648. The quantitative estimate of drug-likeness (QED) is 0.654. The minimum Gasteiger partial charge on any atom is -0.462 e. The van der Waals surface area contributed by atoms with Crippen molar-refractivity contribution in [3.63, 3.8) is 0 Å². The zero-order valence-corrected chi connectivity index (χ0v) is 14.8. The second kappa shape index (κ2) is 8.27. The molecular formula is C20H19N3O4. The molecule has 0 spiro atoms. The molecule has 2 aromatic carbocycles. The van der Waals surface area contributed by atoms with Crippen LogP contribution < -0.4 is 10.9 Å². The van der Waals surface area contributed by atoms with Crippen LogP contribution in [-0.4, -0.2) is 28.5 Å². The number of hydrogen-bond donors (Lipinski definition) is 2. The van der Waals surface area contributed by atoms with E-state index in [1.165, 1.54) is 0 Å². The van der Waals surface area contributed by atoms with Crippen molar-refractivity contribution in [2.75, 3.05) is 11.9 Å². The van der Waals surface area contributed by atoms with Gasteiger partial charge in [-0.15, -0.1) is 0 Å². The highest BCUT2D eigenvalue weighted by atomic mass is 16.5. The predicted molar refractivity (Wildman–Crippen MR) is 102 cm³/mol. The third-order valence-corrected chi connectivity index (χ3v) is 3.94. The van der Waals surface area contributed by atoms with Crippen molar-refractivity contribution in [1.82, 2.24) is 9.97 Å². The number of esters is 1. The van der Waals surface area contributed by atoms with Crippen LogP contribution in [0, 0.1) is 0 Å². The van der Waals surface area contributed by atoms with E-state index in [1.807, 2.05) is 12.1 Å². The zero-order valence-electron chi connectivity index (χ0n) is 14.8. The monoisotopic (exact) mass is 365 g/mol. The molecule has 2 N–H and O–H groups in total. The standard InChI is InChI=1S/C20H19N3O4/c1-2-27-20(26)13-7-9-14(10-8-13)21-18(24)12-11-17-19(25)23-16-6-4-3-5-15(16)22-17/h3-10H,2,11-12H2,1H3,(H,21,24)(H,23,25). The molecule has 0 aliphatic heterocycles. The largest absolute Gasteiger partial charge is 0.462 e. The van der Waals surface area contributed by atoms with Crippen LogP contribution in [0.5, 0.6) is 0 Å². The number of aromatic amines is 1. The first-order chi connectivity index (χ1) is 13.1. The zero-order chi connectivity index (χ0) is 19.2. The predicted octanol–water partition coefficient (Wildman–Crippen LogP) is 2.67. The molecule has 0 bridgehead atoms. The molecule has 0 radical (unpaired) electrons. The maximum absolute atomic E-state index is 12.1. The van der Waals surface area contributed by atoms with E-state index in [-0.39, 0.29) is 24.3 Å². The summed E-state index contributed by atoms with van der Waals surface area (Å²) in [7, 11) is 0. The molecule has 1 heterocycles. The van der Waals surface area contributed by atoms with Crippen LogP contribution in [0.2, 0.25) is 0 Å². The van der Waals surface area contributed by atoms with Crippen molar-refractivity contribution >= 4 is 28.6 Å². The Bertz CT molecular complexity index is 1030. The Morgan fingerprint density at radius 2 is 1.85 bits per heavy atom. The Morgan fingerprint density at radius 3 is 2.59 bits per heavy atom. The van der Waals surface area contributed by atoms with Gasteiger partial charge in [0.05, 0.1) is 23.2 Å². The summed E-state index contributed by atoms with van der Waals surface area (Å²) in [5, 5.41) is 2.74. The molecule has 0 saturated carbocycles. The molecule has 0 aliphatic carbocycles. The summed E-state index contributed by atoms with van der Waals surface area (Å²) in [6.07, 6.45) is 0.348. The van der Waals surface area contributed by atoms with Gasteiger partial charge in [-0.2, -0.15) is 0 Å². The van der Waals surface area contributed by atoms with Crippen LogP contribution in [-0.2, 0) is 16.0 Å². The Kier molecular flexibility index (Phi) is 5.61. The van der Waals surface area contributed by atoms with E-state index in [4.69, 9.17) is 4.74 Å². The lowest BCUT2D eigenvalue weighted by molar-refractivity contribution is -0.116. The topological polar surface area (TPSA) is 101 Å². The molecule has 27 heavy (non-hydrogen) atoms. The minimum atomic E-state index is -0.406. The number of H-pyrrole nitrogens is 1. The second-order valence-corrected chi connectivity index (χ2v) is 5.88. The van der Waals surface area contributed by atoms with E-state index in [0.29, 0.717) is 34.6 Å². The van der Waals surface area contributed by atoms with Gasteiger partial charge in [-0.05, 0) is 43.3 Å². The Labute approximate surface area is 155 Å². The summed E-state index contributed by atoms with van der Waals surface area (Å²) in [4.78, 5) is 42.9.